The van der Waals surface area contributed by atoms with Gasteiger partial charge in [0.05, 0.1) is 5.69 Å². The second kappa shape index (κ2) is 9.13. The second-order valence-corrected chi connectivity index (χ2v) is 9.15. The Hall–Kier alpha value is -3.55. The van der Waals surface area contributed by atoms with Crippen molar-refractivity contribution < 1.29 is 9.53 Å². The lowest BCUT2D eigenvalue weighted by Gasteiger charge is -2.30. The van der Waals surface area contributed by atoms with E-state index < -0.39 is 5.60 Å². The molecule has 8 heteroatoms. The number of hydrogen-bond donors (Lipinski definition) is 0. The van der Waals surface area contributed by atoms with Crippen LogP contribution in [0.3, 0.4) is 0 Å². The molecule has 8 nitrogen and oxygen atoms in total. The average molecular weight is 447 g/mol. The molecule has 0 aliphatic carbocycles. The number of anilines is 1. The summed E-state index contributed by atoms with van der Waals surface area (Å²) in [6.07, 6.45) is 7.67. The van der Waals surface area contributed by atoms with E-state index in [0.29, 0.717) is 24.8 Å². The van der Waals surface area contributed by atoms with Crippen molar-refractivity contribution in [2.24, 2.45) is 0 Å². The van der Waals surface area contributed by atoms with E-state index >= 15 is 0 Å². The Balaban J connectivity index is 1.56. The summed E-state index contributed by atoms with van der Waals surface area (Å²) in [6, 6.07) is 7.76. The minimum Gasteiger partial charge on any atom is -0.478 e. The third-order valence-corrected chi connectivity index (χ3v) is 5.85. The zero-order valence-corrected chi connectivity index (χ0v) is 19.8. The predicted octanol–water partition coefficient (Wildman–Crippen LogP) is 3.48. The second-order valence-electron chi connectivity index (χ2n) is 9.15. The maximum atomic E-state index is 13.4. The van der Waals surface area contributed by atoms with Gasteiger partial charge < -0.3 is 14.5 Å². The molecular formula is C25H30N6O2. The fraction of sp³-hybridized carbons (Fsp3) is 0.400. The fourth-order valence-corrected chi connectivity index (χ4v) is 4.07. The van der Waals surface area contributed by atoms with Crippen molar-refractivity contribution in [2.75, 3.05) is 32.1 Å². The van der Waals surface area contributed by atoms with Gasteiger partial charge in [-0.25, -0.2) is 19.9 Å². The third kappa shape index (κ3) is 4.94. The zero-order chi connectivity index (χ0) is 23.6. The first kappa shape index (κ1) is 22.6. The highest BCUT2D eigenvalue weighted by Gasteiger charge is 2.39. The molecule has 33 heavy (non-hydrogen) atoms. The van der Waals surface area contributed by atoms with Crippen LogP contribution in [0.4, 0.5) is 5.95 Å². The van der Waals surface area contributed by atoms with Crippen LogP contribution in [0.5, 0.6) is 5.75 Å². The lowest BCUT2D eigenvalue weighted by Crippen LogP contribution is -2.48. The standard InChI is InChI=1S/C25H30N6O2/c1-17-6-8-20(9-7-17)33-25(2,3)23(32)31-11-10-18(15-31)22-21(19-12-26-16-27-13-19)14-28-24(29-22)30(4)5/h6-9,12-14,16,18H,10-11,15H2,1-5H3. The van der Waals surface area contributed by atoms with Gasteiger partial charge in [0, 0.05) is 62.8 Å². The molecule has 1 aromatic carbocycles. The molecular weight excluding hydrogens is 416 g/mol. The Bertz CT molecular complexity index is 1120. The Morgan fingerprint density at radius 2 is 1.82 bits per heavy atom. The summed E-state index contributed by atoms with van der Waals surface area (Å²) < 4.78 is 6.08. The highest BCUT2D eigenvalue weighted by molar-refractivity contribution is 5.85. The number of benzene rings is 1. The van der Waals surface area contributed by atoms with Crippen molar-refractivity contribution >= 4 is 11.9 Å². The van der Waals surface area contributed by atoms with Crippen LogP contribution in [0, 0.1) is 6.92 Å². The summed E-state index contributed by atoms with van der Waals surface area (Å²) in [6.45, 7) is 6.89. The molecule has 0 radical (unpaired) electrons. The number of nitrogens with zero attached hydrogens (tertiary/aromatic N) is 6. The van der Waals surface area contributed by atoms with Gasteiger partial charge in [0.25, 0.3) is 5.91 Å². The number of rotatable bonds is 6. The van der Waals surface area contributed by atoms with Crippen LogP contribution in [0.15, 0.2) is 49.2 Å². The fourth-order valence-electron chi connectivity index (χ4n) is 4.07. The van der Waals surface area contributed by atoms with Crippen LogP contribution in [-0.4, -0.2) is 63.5 Å². The highest BCUT2D eigenvalue weighted by Crippen LogP contribution is 2.35. The normalized spacial score (nSPS) is 16.0. The van der Waals surface area contributed by atoms with Gasteiger partial charge in [0.15, 0.2) is 5.60 Å². The monoisotopic (exact) mass is 446 g/mol. The summed E-state index contributed by atoms with van der Waals surface area (Å²) in [5, 5.41) is 0. The molecule has 0 bridgehead atoms. The van der Waals surface area contributed by atoms with E-state index in [-0.39, 0.29) is 11.8 Å². The summed E-state index contributed by atoms with van der Waals surface area (Å²) in [5.74, 6) is 1.38. The molecule has 1 amide bonds. The zero-order valence-electron chi connectivity index (χ0n) is 19.8. The van der Waals surface area contributed by atoms with Crippen LogP contribution in [0.1, 0.15) is 37.4 Å². The maximum absolute atomic E-state index is 13.4. The quantitative estimate of drug-likeness (QED) is 0.573. The molecule has 1 aliphatic rings. The van der Waals surface area contributed by atoms with E-state index in [0.717, 1.165) is 28.8 Å². The molecule has 1 atom stereocenters. The number of ether oxygens (including phenoxy) is 1. The van der Waals surface area contributed by atoms with Gasteiger partial charge in [-0.15, -0.1) is 0 Å². The van der Waals surface area contributed by atoms with Gasteiger partial charge in [-0.3, -0.25) is 4.79 Å². The van der Waals surface area contributed by atoms with Gasteiger partial charge in [-0.1, -0.05) is 17.7 Å². The molecule has 2 aromatic heterocycles. The molecule has 3 aromatic rings. The molecule has 172 valence electrons. The molecule has 0 N–H and O–H groups in total. The Morgan fingerprint density at radius 1 is 1.12 bits per heavy atom. The molecule has 0 spiro atoms. The summed E-state index contributed by atoms with van der Waals surface area (Å²) in [7, 11) is 3.83. The molecule has 0 saturated carbocycles. The van der Waals surface area contributed by atoms with E-state index in [4.69, 9.17) is 9.72 Å². The Morgan fingerprint density at radius 3 is 2.48 bits per heavy atom. The van der Waals surface area contributed by atoms with Crippen molar-refractivity contribution in [3.63, 3.8) is 0 Å². The van der Waals surface area contributed by atoms with Crippen molar-refractivity contribution in [3.05, 3.63) is 60.4 Å². The van der Waals surface area contributed by atoms with E-state index in [2.05, 4.69) is 15.0 Å². The lowest BCUT2D eigenvalue weighted by atomic mass is 9.97. The number of likely N-dealkylation sites (tertiary alicyclic amines) is 1. The topological polar surface area (TPSA) is 84.3 Å². The molecule has 1 unspecified atom stereocenters. The largest absolute Gasteiger partial charge is 0.478 e. The Labute approximate surface area is 194 Å². The summed E-state index contributed by atoms with van der Waals surface area (Å²) >= 11 is 0. The highest BCUT2D eigenvalue weighted by atomic mass is 16.5. The molecule has 1 fully saturated rings. The van der Waals surface area contributed by atoms with Gasteiger partial charge in [0.2, 0.25) is 5.95 Å². The predicted molar refractivity (Wildman–Crippen MR) is 127 cm³/mol. The molecule has 3 heterocycles. The van der Waals surface area contributed by atoms with Gasteiger partial charge >= 0.3 is 0 Å². The smallest absolute Gasteiger partial charge is 0.266 e. The summed E-state index contributed by atoms with van der Waals surface area (Å²) in [4.78, 5) is 34.8. The van der Waals surface area contributed by atoms with Crippen molar-refractivity contribution in [1.82, 2.24) is 24.8 Å². The number of carbonyl (C=O) groups is 1. The van der Waals surface area contributed by atoms with Crippen LogP contribution in [0.25, 0.3) is 11.1 Å². The molecule has 1 saturated heterocycles. The first-order valence-electron chi connectivity index (χ1n) is 11.1. The first-order valence-corrected chi connectivity index (χ1v) is 11.1. The number of aryl methyl sites for hydroxylation is 1. The number of amides is 1. The van der Waals surface area contributed by atoms with E-state index in [1.165, 1.54) is 6.33 Å². The molecule has 1 aliphatic heterocycles. The third-order valence-electron chi connectivity index (χ3n) is 5.85. The van der Waals surface area contributed by atoms with Crippen LogP contribution < -0.4 is 9.64 Å². The number of hydrogen-bond acceptors (Lipinski definition) is 7. The Kier molecular flexibility index (Phi) is 6.26. The summed E-state index contributed by atoms with van der Waals surface area (Å²) in [5.41, 5.74) is 2.86. The van der Waals surface area contributed by atoms with Gasteiger partial charge in [0.1, 0.15) is 12.1 Å². The first-order chi connectivity index (χ1) is 15.7. The van der Waals surface area contributed by atoms with E-state index in [1.54, 1.807) is 12.4 Å². The van der Waals surface area contributed by atoms with E-state index in [1.807, 2.05) is 75.1 Å². The van der Waals surface area contributed by atoms with Crippen molar-refractivity contribution in [1.29, 1.82) is 0 Å². The maximum Gasteiger partial charge on any atom is 0.266 e. The van der Waals surface area contributed by atoms with Crippen LogP contribution >= 0.6 is 0 Å². The minimum absolute atomic E-state index is 0.0305. The SMILES string of the molecule is Cc1ccc(OC(C)(C)C(=O)N2CCC(c3nc(N(C)C)ncc3-c3cncnc3)C2)cc1. The number of carbonyl (C=O) groups excluding carboxylic acids is 1. The minimum atomic E-state index is -0.972. The van der Waals surface area contributed by atoms with E-state index in [9.17, 15) is 4.79 Å². The average Bonchev–Trinajstić information content (AvgIpc) is 3.30. The molecule has 4 rings (SSSR count). The number of aromatic nitrogens is 4. The van der Waals surface area contributed by atoms with Crippen LogP contribution in [-0.2, 0) is 4.79 Å². The van der Waals surface area contributed by atoms with Gasteiger partial charge in [-0.05, 0) is 39.3 Å². The van der Waals surface area contributed by atoms with Crippen LogP contribution in [0.2, 0.25) is 0 Å². The van der Waals surface area contributed by atoms with Crippen molar-refractivity contribution in [3.8, 4) is 16.9 Å². The van der Waals surface area contributed by atoms with Gasteiger partial charge in [-0.2, -0.15) is 0 Å². The van der Waals surface area contributed by atoms with Crippen molar-refractivity contribution in [2.45, 2.75) is 38.7 Å². The lowest BCUT2D eigenvalue weighted by molar-refractivity contribution is -0.144.